The summed E-state index contributed by atoms with van der Waals surface area (Å²) in [5, 5.41) is 2.93. The maximum absolute atomic E-state index is 12.7. The molecule has 28 heavy (non-hydrogen) atoms. The van der Waals surface area contributed by atoms with E-state index in [1.807, 2.05) is 12.1 Å². The van der Waals surface area contributed by atoms with Gasteiger partial charge in [0.05, 0.1) is 12.2 Å². The van der Waals surface area contributed by atoms with Gasteiger partial charge in [-0.05, 0) is 42.5 Å². The molecule has 4 aromatic rings. The van der Waals surface area contributed by atoms with Crippen molar-refractivity contribution in [1.82, 2.24) is 24.5 Å². The number of imidazole rings is 1. The van der Waals surface area contributed by atoms with Crippen LogP contribution >= 0.6 is 0 Å². The smallest absolute Gasteiger partial charge is 0.327 e. The van der Waals surface area contributed by atoms with Crippen LogP contribution in [0.4, 0.5) is 11.6 Å². The Hall–Kier alpha value is -3.68. The van der Waals surface area contributed by atoms with E-state index >= 15 is 0 Å². The molecule has 0 saturated carbocycles. The van der Waals surface area contributed by atoms with E-state index in [0.717, 1.165) is 24.8 Å². The molecule has 0 fully saturated rings. The van der Waals surface area contributed by atoms with Gasteiger partial charge in [-0.1, -0.05) is 24.3 Å². The first-order valence-corrected chi connectivity index (χ1v) is 9.20. The van der Waals surface area contributed by atoms with Crippen molar-refractivity contribution < 1.29 is 0 Å². The maximum Gasteiger partial charge on any atom is 0.328 e. The van der Waals surface area contributed by atoms with Gasteiger partial charge in [0, 0.05) is 6.20 Å². The minimum Gasteiger partial charge on any atom is -0.327 e. The molecule has 1 atom stereocenters. The van der Waals surface area contributed by atoms with Gasteiger partial charge in [-0.2, -0.15) is 4.98 Å². The van der Waals surface area contributed by atoms with Crippen molar-refractivity contribution in [2.75, 3.05) is 5.32 Å². The lowest BCUT2D eigenvalue weighted by Gasteiger charge is -2.26. The lowest BCUT2D eigenvalue weighted by molar-refractivity contribution is 0.487. The Labute approximate surface area is 159 Å². The van der Waals surface area contributed by atoms with E-state index in [9.17, 15) is 9.59 Å². The fourth-order valence-corrected chi connectivity index (χ4v) is 3.90. The van der Waals surface area contributed by atoms with Crippen LogP contribution in [0.3, 0.4) is 0 Å². The highest BCUT2D eigenvalue weighted by Crippen LogP contribution is 2.33. The molecule has 0 saturated heterocycles. The van der Waals surface area contributed by atoms with Crippen molar-refractivity contribution in [3.05, 3.63) is 80.8 Å². The molecule has 1 aliphatic carbocycles. The molecule has 5 rings (SSSR count). The summed E-state index contributed by atoms with van der Waals surface area (Å²) >= 11 is 0. The van der Waals surface area contributed by atoms with Crippen LogP contribution in [-0.2, 0) is 6.42 Å². The van der Waals surface area contributed by atoms with E-state index < -0.39 is 0 Å². The Kier molecular flexibility index (Phi) is 3.82. The van der Waals surface area contributed by atoms with Crippen molar-refractivity contribution in [2.24, 2.45) is 0 Å². The molecule has 0 spiro atoms. The zero-order valence-electron chi connectivity index (χ0n) is 15.0. The van der Waals surface area contributed by atoms with Crippen LogP contribution < -0.4 is 16.6 Å². The van der Waals surface area contributed by atoms with Crippen LogP contribution in [0.2, 0.25) is 0 Å². The third-order valence-corrected chi connectivity index (χ3v) is 5.17. The summed E-state index contributed by atoms with van der Waals surface area (Å²) in [7, 11) is 0. The van der Waals surface area contributed by atoms with E-state index in [0.29, 0.717) is 16.9 Å². The summed E-state index contributed by atoms with van der Waals surface area (Å²) < 4.78 is 1.70. The molecule has 0 amide bonds. The molecule has 8 heteroatoms. The number of benzene rings is 1. The highest BCUT2D eigenvalue weighted by atomic mass is 16.1. The molecule has 0 aliphatic heterocycles. The zero-order valence-corrected chi connectivity index (χ0v) is 15.0. The number of hydrogen-bond donors (Lipinski definition) is 3. The standard InChI is InChI=1S/C20H18N6O2/c27-18-14(8-4-10-21-18)23-19-22-11-15-17(25-19)26(20(28)24-15)16-9-3-6-12-5-1-2-7-13(12)16/h1-2,4-5,7-8,10-11,16H,3,6,9H2,(H,21,27)(H,24,28)(H,22,23,25). The summed E-state index contributed by atoms with van der Waals surface area (Å²) in [6, 6.07) is 11.5. The first-order valence-electron chi connectivity index (χ1n) is 9.20. The highest BCUT2D eigenvalue weighted by Gasteiger charge is 2.25. The van der Waals surface area contributed by atoms with E-state index in [1.54, 1.807) is 29.1 Å². The van der Waals surface area contributed by atoms with Gasteiger partial charge in [0.2, 0.25) is 5.95 Å². The molecule has 140 valence electrons. The summed E-state index contributed by atoms with van der Waals surface area (Å²) in [6.07, 6.45) is 6.02. The molecule has 1 aliphatic rings. The van der Waals surface area contributed by atoms with Gasteiger partial charge in [-0.25, -0.2) is 9.78 Å². The van der Waals surface area contributed by atoms with Crippen molar-refractivity contribution in [3.8, 4) is 0 Å². The molecule has 3 N–H and O–H groups in total. The largest absolute Gasteiger partial charge is 0.328 e. The third-order valence-electron chi connectivity index (χ3n) is 5.17. The molecule has 3 heterocycles. The summed E-state index contributed by atoms with van der Waals surface area (Å²) in [5.41, 5.74) is 3.39. The van der Waals surface area contributed by atoms with Crippen molar-refractivity contribution in [1.29, 1.82) is 0 Å². The molecule has 8 nitrogen and oxygen atoms in total. The number of aryl methyl sites for hydroxylation is 1. The monoisotopic (exact) mass is 374 g/mol. The molecular formula is C20H18N6O2. The number of nitrogens with one attached hydrogen (secondary N) is 3. The number of anilines is 2. The van der Waals surface area contributed by atoms with Gasteiger partial charge in [0.25, 0.3) is 5.56 Å². The fraction of sp³-hybridized carbons (Fsp3) is 0.200. The minimum atomic E-state index is -0.265. The Bertz CT molecular complexity index is 1290. The molecule has 1 aromatic carbocycles. The van der Waals surface area contributed by atoms with Gasteiger partial charge in [-0.3, -0.25) is 9.36 Å². The zero-order chi connectivity index (χ0) is 19.1. The van der Waals surface area contributed by atoms with E-state index in [-0.39, 0.29) is 23.2 Å². The van der Waals surface area contributed by atoms with Gasteiger partial charge < -0.3 is 15.3 Å². The van der Waals surface area contributed by atoms with Crippen LogP contribution in [0.25, 0.3) is 11.2 Å². The first kappa shape index (κ1) is 16.5. The number of nitrogens with zero attached hydrogens (tertiary/aromatic N) is 3. The van der Waals surface area contributed by atoms with Crippen LogP contribution in [0.1, 0.15) is 30.0 Å². The number of hydrogen-bond acceptors (Lipinski definition) is 5. The second-order valence-electron chi connectivity index (χ2n) is 6.88. The molecule has 0 bridgehead atoms. The SMILES string of the molecule is O=c1[nH]cccc1Nc1ncc2[nH]c(=O)n(C3CCCc4ccccc43)c2n1. The van der Waals surface area contributed by atoms with Gasteiger partial charge in [-0.15, -0.1) is 0 Å². The van der Waals surface area contributed by atoms with Crippen molar-refractivity contribution in [2.45, 2.75) is 25.3 Å². The Morgan fingerprint density at radius 1 is 1.14 bits per heavy atom. The van der Waals surface area contributed by atoms with E-state index in [4.69, 9.17) is 0 Å². The minimum absolute atomic E-state index is 0.0749. The summed E-state index contributed by atoms with van der Waals surface area (Å²) in [5.74, 6) is 0.265. The number of fused-ring (bicyclic) bond motifs is 2. The lowest BCUT2D eigenvalue weighted by atomic mass is 9.87. The Morgan fingerprint density at radius 3 is 2.93 bits per heavy atom. The lowest BCUT2D eigenvalue weighted by Crippen LogP contribution is -2.26. The van der Waals surface area contributed by atoms with Crippen LogP contribution in [-0.4, -0.2) is 24.5 Å². The number of H-pyrrole nitrogens is 2. The average molecular weight is 374 g/mol. The first-order chi connectivity index (χ1) is 13.7. The van der Waals surface area contributed by atoms with Crippen molar-refractivity contribution in [3.63, 3.8) is 0 Å². The van der Waals surface area contributed by atoms with Crippen molar-refractivity contribution >= 4 is 22.8 Å². The van der Waals surface area contributed by atoms with Gasteiger partial charge in [0.15, 0.2) is 5.65 Å². The Balaban J connectivity index is 1.62. The highest BCUT2D eigenvalue weighted by molar-refractivity contribution is 5.72. The topological polar surface area (TPSA) is 108 Å². The normalized spacial score (nSPS) is 16.1. The molecule has 1 unspecified atom stereocenters. The van der Waals surface area contributed by atoms with Gasteiger partial charge in [0.1, 0.15) is 11.2 Å². The third kappa shape index (κ3) is 2.70. The maximum atomic E-state index is 12.7. The summed E-state index contributed by atoms with van der Waals surface area (Å²) in [4.78, 5) is 38.9. The van der Waals surface area contributed by atoms with Crippen LogP contribution in [0.5, 0.6) is 0 Å². The second kappa shape index (κ2) is 6.49. The predicted octanol–water partition coefficient (Wildman–Crippen LogP) is 2.48. The second-order valence-corrected chi connectivity index (χ2v) is 6.88. The Morgan fingerprint density at radius 2 is 2.04 bits per heavy atom. The number of aromatic amines is 2. The number of rotatable bonds is 3. The van der Waals surface area contributed by atoms with E-state index in [2.05, 4.69) is 37.4 Å². The quantitative estimate of drug-likeness (QED) is 0.510. The number of pyridine rings is 1. The average Bonchev–Trinajstić information content (AvgIpc) is 3.04. The predicted molar refractivity (Wildman–Crippen MR) is 106 cm³/mol. The van der Waals surface area contributed by atoms with E-state index in [1.165, 1.54) is 5.56 Å². The van der Waals surface area contributed by atoms with Crippen LogP contribution in [0, 0.1) is 0 Å². The van der Waals surface area contributed by atoms with Gasteiger partial charge >= 0.3 is 5.69 Å². The molecule has 3 aromatic heterocycles. The molecular weight excluding hydrogens is 356 g/mol. The summed E-state index contributed by atoms with van der Waals surface area (Å²) in [6.45, 7) is 0. The van der Waals surface area contributed by atoms with Crippen LogP contribution in [0.15, 0.2) is 58.4 Å². The number of aromatic nitrogens is 5. The fourth-order valence-electron chi connectivity index (χ4n) is 3.90. The molecule has 0 radical (unpaired) electrons.